The molecule has 4 heteroatoms. The van der Waals surface area contributed by atoms with Crippen LogP contribution in [0.5, 0.6) is 0 Å². The fourth-order valence-corrected chi connectivity index (χ4v) is 3.53. The maximum absolute atomic E-state index is 4.69. The van der Waals surface area contributed by atoms with Gasteiger partial charge < -0.3 is 5.32 Å². The summed E-state index contributed by atoms with van der Waals surface area (Å²) in [6.07, 6.45) is 5.32. The van der Waals surface area contributed by atoms with E-state index in [-0.39, 0.29) is 0 Å². The summed E-state index contributed by atoms with van der Waals surface area (Å²) >= 11 is 0. The second-order valence-electron chi connectivity index (χ2n) is 6.55. The molecule has 20 heavy (non-hydrogen) atoms. The molecular formula is C16H26N4. The first-order chi connectivity index (χ1) is 9.63. The third-order valence-corrected chi connectivity index (χ3v) is 4.58. The fraction of sp³-hybridized carbons (Fsp3) is 0.750. The quantitative estimate of drug-likeness (QED) is 0.920. The van der Waals surface area contributed by atoms with E-state index in [4.69, 9.17) is 4.98 Å². The number of fused-ring (bicyclic) bond motifs is 1. The number of rotatable bonds is 3. The molecule has 3 rings (SSSR count). The van der Waals surface area contributed by atoms with Gasteiger partial charge in [-0.05, 0) is 32.7 Å². The number of hydrogen-bond acceptors (Lipinski definition) is 4. The van der Waals surface area contributed by atoms with Gasteiger partial charge in [0.25, 0.3) is 0 Å². The first-order valence-electron chi connectivity index (χ1n) is 7.99. The van der Waals surface area contributed by atoms with Gasteiger partial charge in [-0.1, -0.05) is 20.3 Å². The summed E-state index contributed by atoms with van der Waals surface area (Å²) in [6, 6.07) is 3.35. The minimum Gasteiger partial charge on any atom is -0.366 e. The van der Waals surface area contributed by atoms with E-state index in [0.717, 1.165) is 17.3 Å². The van der Waals surface area contributed by atoms with Crippen molar-refractivity contribution in [3.8, 4) is 0 Å². The number of aryl methyl sites for hydroxylation is 1. The van der Waals surface area contributed by atoms with Crippen molar-refractivity contribution in [1.82, 2.24) is 14.9 Å². The SMILES string of the molecule is Cc1cc(NC2CCN3CCCCC23)nc(C(C)C)n1. The highest BCUT2D eigenvalue weighted by atomic mass is 15.2. The zero-order valence-electron chi connectivity index (χ0n) is 12.9. The molecule has 0 bridgehead atoms. The number of nitrogens with zero attached hydrogens (tertiary/aromatic N) is 3. The van der Waals surface area contributed by atoms with Gasteiger partial charge in [-0.15, -0.1) is 0 Å². The third-order valence-electron chi connectivity index (χ3n) is 4.58. The highest BCUT2D eigenvalue weighted by Crippen LogP contribution is 2.29. The first-order valence-corrected chi connectivity index (χ1v) is 7.99. The maximum Gasteiger partial charge on any atom is 0.133 e. The van der Waals surface area contributed by atoms with Crippen molar-refractivity contribution in [2.24, 2.45) is 0 Å². The Kier molecular flexibility index (Phi) is 3.92. The second-order valence-corrected chi connectivity index (χ2v) is 6.55. The molecule has 2 unspecified atom stereocenters. The summed E-state index contributed by atoms with van der Waals surface area (Å²) in [5.41, 5.74) is 1.06. The van der Waals surface area contributed by atoms with Gasteiger partial charge in [0.05, 0.1) is 0 Å². The number of piperidine rings is 1. The van der Waals surface area contributed by atoms with E-state index < -0.39 is 0 Å². The molecular weight excluding hydrogens is 248 g/mol. The Labute approximate surface area is 122 Å². The van der Waals surface area contributed by atoms with Crippen molar-refractivity contribution in [2.75, 3.05) is 18.4 Å². The average molecular weight is 274 g/mol. The van der Waals surface area contributed by atoms with Gasteiger partial charge in [0, 0.05) is 36.3 Å². The Morgan fingerprint density at radius 2 is 2.05 bits per heavy atom. The molecule has 0 radical (unpaired) electrons. The minimum atomic E-state index is 0.380. The van der Waals surface area contributed by atoms with E-state index in [2.05, 4.69) is 42.0 Å². The van der Waals surface area contributed by atoms with Crippen molar-refractivity contribution >= 4 is 5.82 Å². The van der Waals surface area contributed by atoms with Crippen LogP contribution < -0.4 is 5.32 Å². The topological polar surface area (TPSA) is 41.0 Å². The largest absolute Gasteiger partial charge is 0.366 e. The van der Waals surface area contributed by atoms with Crippen LogP contribution in [0.25, 0.3) is 0 Å². The maximum atomic E-state index is 4.69. The summed E-state index contributed by atoms with van der Waals surface area (Å²) < 4.78 is 0. The highest BCUT2D eigenvalue weighted by molar-refractivity contribution is 5.38. The van der Waals surface area contributed by atoms with Crippen LogP contribution in [0.15, 0.2) is 6.07 Å². The summed E-state index contributed by atoms with van der Waals surface area (Å²) in [5, 5.41) is 3.68. The molecule has 1 aromatic rings. The number of anilines is 1. The highest BCUT2D eigenvalue weighted by Gasteiger charge is 2.35. The molecule has 3 heterocycles. The Bertz CT molecular complexity index is 472. The van der Waals surface area contributed by atoms with Crippen molar-refractivity contribution in [3.05, 3.63) is 17.6 Å². The van der Waals surface area contributed by atoms with Gasteiger partial charge in [0.1, 0.15) is 11.6 Å². The molecule has 1 N–H and O–H groups in total. The van der Waals surface area contributed by atoms with Gasteiger partial charge in [-0.3, -0.25) is 4.90 Å². The molecule has 1 aromatic heterocycles. The van der Waals surface area contributed by atoms with Gasteiger partial charge >= 0.3 is 0 Å². The molecule has 0 aliphatic carbocycles. The van der Waals surface area contributed by atoms with Crippen LogP contribution >= 0.6 is 0 Å². The molecule has 0 amide bonds. The number of hydrogen-bond donors (Lipinski definition) is 1. The third kappa shape index (κ3) is 2.80. The standard InChI is InChI=1S/C16H26N4/c1-11(2)16-17-12(3)10-15(19-16)18-13-7-9-20-8-5-4-6-14(13)20/h10-11,13-14H,4-9H2,1-3H3,(H,17,18,19). The van der Waals surface area contributed by atoms with Crippen LogP contribution in [0.2, 0.25) is 0 Å². The first kappa shape index (κ1) is 13.8. The van der Waals surface area contributed by atoms with Gasteiger partial charge in [0.15, 0.2) is 0 Å². The van der Waals surface area contributed by atoms with Crippen molar-refractivity contribution in [1.29, 1.82) is 0 Å². The Morgan fingerprint density at radius 3 is 2.85 bits per heavy atom. The van der Waals surface area contributed by atoms with Crippen LogP contribution in [-0.4, -0.2) is 40.0 Å². The average Bonchev–Trinajstić information content (AvgIpc) is 2.82. The minimum absolute atomic E-state index is 0.380. The molecule has 0 aromatic carbocycles. The van der Waals surface area contributed by atoms with E-state index in [1.54, 1.807) is 0 Å². The van der Waals surface area contributed by atoms with E-state index in [9.17, 15) is 0 Å². The van der Waals surface area contributed by atoms with Gasteiger partial charge in [-0.2, -0.15) is 0 Å². The molecule has 2 aliphatic rings. The second kappa shape index (κ2) is 5.68. The van der Waals surface area contributed by atoms with E-state index in [1.807, 2.05) is 0 Å². The summed E-state index contributed by atoms with van der Waals surface area (Å²) in [5.74, 6) is 2.34. The molecule has 0 spiro atoms. The van der Waals surface area contributed by atoms with E-state index in [1.165, 1.54) is 38.8 Å². The summed E-state index contributed by atoms with van der Waals surface area (Å²) in [4.78, 5) is 11.9. The normalized spacial score (nSPS) is 26.8. The summed E-state index contributed by atoms with van der Waals surface area (Å²) in [6.45, 7) is 8.88. The van der Waals surface area contributed by atoms with Crippen molar-refractivity contribution < 1.29 is 0 Å². The summed E-state index contributed by atoms with van der Waals surface area (Å²) in [7, 11) is 0. The molecule has 2 atom stereocenters. The van der Waals surface area contributed by atoms with Crippen LogP contribution in [-0.2, 0) is 0 Å². The molecule has 4 nitrogen and oxygen atoms in total. The lowest BCUT2D eigenvalue weighted by Crippen LogP contribution is -2.41. The Hall–Kier alpha value is -1.16. The zero-order chi connectivity index (χ0) is 14.1. The molecule has 2 saturated heterocycles. The van der Waals surface area contributed by atoms with E-state index >= 15 is 0 Å². The molecule has 0 saturated carbocycles. The lowest BCUT2D eigenvalue weighted by Gasteiger charge is -2.32. The Balaban J connectivity index is 1.74. The predicted molar refractivity (Wildman–Crippen MR) is 82.1 cm³/mol. The van der Waals surface area contributed by atoms with Crippen molar-refractivity contribution in [2.45, 2.75) is 64.5 Å². The Morgan fingerprint density at radius 1 is 1.20 bits per heavy atom. The zero-order valence-corrected chi connectivity index (χ0v) is 12.9. The van der Waals surface area contributed by atoms with Gasteiger partial charge in [-0.25, -0.2) is 9.97 Å². The lowest BCUT2D eigenvalue weighted by molar-refractivity contribution is 0.192. The van der Waals surface area contributed by atoms with Crippen LogP contribution in [0.3, 0.4) is 0 Å². The van der Waals surface area contributed by atoms with Crippen LogP contribution in [0.1, 0.15) is 57.0 Å². The van der Waals surface area contributed by atoms with Crippen LogP contribution in [0, 0.1) is 6.92 Å². The van der Waals surface area contributed by atoms with Crippen molar-refractivity contribution in [3.63, 3.8) is 0 Å². The predicted octanol–water partition coefficient (Wildman–Crippen LogP) is 2.95. The molecule has 110 valence electrons. The molecule has 2 fully saturated rings. The van der Waals surface area contributed by atoms with E-state index in [0.29, 0.717) is 18.0 Å². The monoisotopic (exact) mass is 274 g/mol. The molecule has 2 aliphatic heterocycles. The van der Waals surface area contributed by atoms with Gasteiger partial charge in [0.2, 0.25) is 0 Å². The number of aromatic nitrogens is 2. The number of nitrogens with one attached hydrogen (secondary N) is 1. The lowest BCUT2D eigenvalue weighted by atomic mass is 9.99. The smallest absolute Gasteiger partial charge is 0.133 e. The fourth-order valence-electron chi connectivity index (χ4n) is 3.53. The van der Waals surface area contributed by atoms with Crippen LogP contribution in [0.4, 0.5) is 5.82 Å².